The molecule has 0 atom stereocenters. The van der Waals surface area contributed by atoms with Gasteiger partial charge in [-0.1, -0.05) is 11.6 Å². The zero-order valence-corrected chi connectivity index (χ0v) is 15.3. The van der Waals surface area contributed by atoms with Crippen LogP contribution in [0.3, 0.4) is 0 Å². The molecule has 0 unspecified atom stereocenters. The van der Waals surface area contributed by atoms with Crippen molar-refractivity contribution in [3.63, 3.8) is 0 Å². The Balaban J connectivity index is 1.74. The monoisotopic (exact) mass is 336 g/mol. The molecule has 5 heteroatoms. The maximum absolute atomic E-state index is 12.7. The van der Waals surface area contributed by atoms with Crippen LogP contribution < -0.4 is 5.32 Å². The molecule has 0 aliphatic heterocycles. The maximum Gasteiger partial charge on any atom is 0.252 e. The van der Waals surface area contributed by atoms with Gasteiger partial charge in [0.1, 0.15) is 5.82 Å². The van der Waals surface area contributed by atoms with Crippen molar-refractivity contribution in [2.24, 2.45) is 0 Å². The van der Waals surface area contributed by atoms with Gasteiger partial charge in [-0.3, -0.25) is 9.78 Å². The van der Waals surface area contributed by atoms with Gasteiger partial charge in [0, 0.05) is 36.6 Å². The fraction of sp³-hybridized carbons (Fsp3) is 0.350. The summed E-state index contributed by atoms with van der Waals surface area (Å²) in [6, 6.07) is 6.01. The highest BCUT2D eigenvalue weighted by molar-refractivity contribution is 6.07. The Hall–Kier alpha value is -2.69. The highest BCUT2D eigenvalue weighted by Crippen LogP contribution is 2.23. The summed E-state index contributed by atoms with van der Waals surface area (Å²) < 4.78 is 2.09. The normalized spacial score (nSPS) is 11.0. The Labute approximate surface area is 148 Å². The first-order valence-electron chi connectivity index (χ1n) is 8.60. The fourth-order valence-corrected chi connectivity index (χ4v) is 3.18. The lowest BCUT2D eigenvalue weighted by atomic mass is 10.0. The molecule has 1 N–H and O–H groups in total. The second kappa shape index (κ2) is 7.05. The number of aromatic nitrogens is 3. The van der Waals surface area contributed by atoms with Gasteiger partial charge in [-0.2, -0.15) is 0 Å². The highest BCUT2D eigenvalue weighted by Gasteiger charge is 2.13. The second-order valence-corrected chi connectivity index (χ2v) is 6.57. The molecule has 0 radical (unpaired) electrons. The minimum Gasteiger partial charge on any atom is -0.352 e. The molecule has 3 aromatic rings. The number of carbonyl (C=O) groups is 1. The molecule has 130 valence electrons. The minimum atomic E-state index is -0.0390. The lowest BCUT2D eigenvalue weighted by molar-refractivity contribution is 0.0954. The lowest BCUT2D eigenvalue weighted by Crippen LogP contribution is -2.25. The summed E-state index contributed by atoms with van der Waals surface area (Å²) in [5.74, 6) is 0.955. The van der Waals surface area contributed by atoms with Crippen LogP contribution in [0.2, 0.25) is 0 Å². The Bertz CT molecular complexity index is 927. The van der Waals surface area contributed by atoms with Crippen LogP contribution in [0.15, 0.2) is 30.6 Å². The average Bonchev–Trinajstić information content (AvgIpc) is 2.96. The van der Waals surface area contributed by atoms with E-state index in [1.165, 1.54) is 0 Å². The van der Waals surface area contributed by atoms with Crippen molar-refractivity contribution in [1.29, 1.82) is 0 Å². The molecule has 2 heterocycles. The van der Waals surface area contributed by atoms with Crippen molar-refractivity contribution in [2.75, 3.05) is 6.54 Å². The number of benzene rings is 1. The third kappa shape index (κ3) is 3.71. The topological polar surface area (TPSA) is 59.8 Å². The molecule has 2 aromatic heterocycles. The largest absolute Gasteiger partial charge is 0.352 e. The Morgan fingerprint density at radius 3 is 2.68 bits per heavy atom. The van der Waals surface area contributed by atoms with E-state index in [1.807, 2.05) is 46.0 Å². The number of fused-ring (bicyclic) bond motifs is 1. The number of carbonyl (C=O) groups excluding carboxylic acids is 1. The summed E-state index contributed by atoms with van der Waals surface area (Å²) in [6.45, 7) is 9.47. The van der Waals surface area contributed by atoms with Crippen LogP contribution in [0.4, 0.5) is 0 Å². The van der Waals surface area contributed by atoms with Crippen LogP contribution in [-0.4, -0.2) is 27.0 Å². The molecule has 0 fully saturated rings. The second-order valence-electron chi connectivity index (χ2n) is 6.57. The van der Waals surface area contributed by atoms with Crippen molar-refractivity contribution in [2.45, 2.75) is 40.7 Å². The predicted molar refractivity (Wildman–Crippen MR) is 99.9 cm³/mol. The summed E-state index contributed by atoms with van der Waals surface area (Å²) in [7, 11) is 0. The third-order valence-electron chi connectivity index (χ3n) is 4.41. The number of nitrogens with one attached hydrogen (secondary N) is 1. The molecule has 1 aromatic carbocycles. The smallest absolute Gasteiger partial charge is 0.252 e. The van der Waals surface area contributed by atoms with E-state index in [1.54, 1.807) is 6.20 Å². The number of aryl methyl sites for hydroxylation is 5. The van der Waals surface area contributed by atoms with Crippen LogP contribution in [-0.2, 0) is 6.54 Å². The summed E-state index contributed by atoms with van der Waals surface area (Å²) in [6.07, 6.45) is 4.62. The van der Waals surface area contributed by atoms with E-state index in [2.05, 4.69) is 25.9 Å². The number of nitrogens with zero attached hydrogens (tertiary/aromatic N) is 3. The zero-order chi connectivity index (χ0) is 18.0. The first-order chi connectivity index (χ1) is 12.0. The Morgan fingerprint density at radius 2 is 1.96 bits per heavy atom. The van der Waals surface area contributed by atoms with Gasteiger partial charge < -0.3 is 9.88 Å². The first kappa shape index (κ1) is 17.1. The van der Waals surface area contributed by atoms with Crippen LogP contribution in [0, 0.1) is 27.7 Å². The SMILES string of the molecule is Cc1cc(C)c2nc(C)cc(C(=O)NCCCn3ccnc3C)c2c1. The minimum absolute atomic E-state index is 0.0390. The molecule has 3 rings (SSSR count). The molecular formula is C20H24N4O. The number of imidazole rings is 1. The molecule has 0 saturated carbocycles. The number of pyridine rings is 1. The maximum atomic E-state index is 12.7. The van der Waals surface area contributed by atoms with Gasteiger partial charge in [0.25, 0.3) is 5.91 Å². The van der Waals surface area contributed by atoms with Crippen molar-refractivity contribution >= 4 is 16.8 Å². The lowest BCUT2D eigenvalue weighted by Gasteiger charge is -2.12. The van der Waals surface area contributed by atoms with E-state index >= 15 is 0 Å². The van der Waals surface area contributed by atoms with E-state index in [-0.39, 0.29) is 5.91 Å². The van der Waals surface area contributed by atoms with Crippen LogP contribution >= 0.6 is 0 Å². The molecule has 0 bridgehead atoms. The molecule has 1 amide bonds. The molecule has 25 heavy (non-hydrogen) atoms. The zero-order valence-electron chi connectivity index (χ0n) is 15.3. The van der Waals surface area contributed by atoms with E-state index < -0.39 is 0 Å². The van der Waals surface area contributed by atoms with Crippen LogP contribution in [0.25, 0.3) is 10.9 Å². The Kier molecular flexibility index (Phi) is 4.83. The van der Waals surface area contributed by atoms with Gasteiger partial charge in [0.2, 0.25) is 0 Å². The molecular weight excluding hydrogens is 312 g/mol. The van der Waals surface area contributed by atoms with Gasteiger partial charge in [0.05, 0.1) is 11.1 Å². The predicted octanol–water partition coefficient (Wildman–Crippen LogP) is 3.49. The van der Waals surface area contributed by atoms with E-state index in [9.17, 15) is 4.79 Å². The third-order valence-corrected chi connectivity index (χ3v) is 4.41. The quantitative estimate of drug-likeness (QED) is 0.726. The molecule has 0 aliphatic rings. The van der Waals surface area contributed by atoms with Crippen molar-refractivity contribution in [3.05, 3.63) is 58.8 Å². The fourth-order valence-electron chi connectivity index (χ4n) is 3.18. The van der Waals surface area contributed by atoms with Gasteiger partial charge in [-0.25, -0.2) is 4.98 Å². The van der Waals surface area contributed by atoms with Crippen LogP contribution in [0.5, 0.6) is 0 Å². The van der Waals surface area contributed by atoms with Gasteiger partial charge in [-0.05, 0) is 51.8 Å². The first-order valence-corrected chi connectivity index (χ1v) is 8.60. The number of rotatable bonds is 5. The van der Waals surface area contributed by atoms with Gasteiger partial charge >= 0.3 is 0 Å². The van der Waals surface area contributed by atoms with Crippen molar-refractivity contribution < 1.29 is 4.79 Å². The van der Waals surface area contributed by atoms with E-state index in [0.717, 1.165) is 46.5 Å². The molecule has 0 spiro atoms. The van der Waals surface area contributed by atoms with Gasteiger partial charge in [-0.15, -0.1) is 0 Å². The van der Waals surface area contributed by atoms with Crippen molar-refractivity contribution in [1.82, 2.24) is 19.9 Å². The number of amides is 1. The van der Waals surface area contributed by atoms with Crippen molar-refractivity contribution in [3.8, 4) is 0 Å². The van der Waals surface area contributed by atoms with Gasteiger partial charge in [0.15, 0.2) is 0 Å². The van der Waals surface area contributed by atoms with E-state index in [4.69, 9.17) is 0 Å². The summed E-state index contributed by atoms with van der Waals surface area (Å²) >= 11 is 0. The summed E-state index contributed by atoms with van der Waals surface area (Å²) in [4.78, 5) is 21.5. The average molecular weight is 336 g/mol. The molecule has 0 aliphatic carbocycles. The summed E-state index contributed by atoms with van der Waals surface area (Å²) in [5, 5.41) is 3.96. The van der Waals surface area contributed by atoms with E-state index in [0.29, 0.717) is 12.1 Å². The Morgan fingerprint density at radius 1 is 1.16 bits per heavy atom. The molecule has 0 saturated heterocycles. The highest BCUT2D eigenvalue weighted by atomic mass is 16.1. The standard InChI is InChI=1S/C20H24N4O/c1-13-10-14(2)19-17(11-13)18(12-15(3)23-19)20(25)22-6-5-8-24-9-7-21-16(24)4/h7,9-12H,5-6,8H2,1-4H3,(H,22,25). The number of hydrogen-bond acceptors (Lipinski definition) is 3. The number of hydrogen-bond donors (Lipinski definition) is 1. The summed E-state index contributed by atoms with van der Waals surface area (Å²) in [5.41, 5.74) is 4.71. The molecule has 5 nitrogen and oxygen atoms in total. The van der Waals surface area contributed by atoms with Crippen LogP contribution in [0.1, 0.15) is 39.4 Å².